The van der Waals surface area contributed by atoms with Crippen molar-refractivity contribution in [3.63, 3.8) is 0 Å². The summed E-state index contributed by atoms with van der Waals surface area (Å²) in [7, 11) is 0. The zero-order valence-corrected chi connectivity index (χ0v) is 10.2. The van der Waals surface area contributed by atoms with Crippen LogP contribution in [-0.2, 0) is 0 Å². The Morgan fingerprint density at radius 2 is 2.32 bits per heavy atom. The number of aromatic nitrogens is 4. The number of carbonyl (C=O) groups is 1. The molecule has 0 fully saturated rings. The second-order valence-corrected chi connectivity index (χ2v) is 4.15. The van der Waals surface area contributed by atoms with Crippen molar-refractivity contribution >= 4 is 22.9 Å². The van der Waals surface area contributed by atoms with Gasteiger partial charge in [0.05, 0.1) is 28.7 Å². The lowest BCUT2D eigenvalue weighted by atomic mass is 10.2. The van der Waals surface area contributed by atoms with Gasteiger partial charge in [0.25, 0.3) is 5.91 Å². The number of nitrogens with two attached hydrogens (primary N) is 1. The third-order valence-electron chi connectivity index (χ3n) is 2.90. The van der Waals surface area contributed by atoms with Crippen LogP contribution in [0.5, 0.6) is 0 Å². The Labute approximate surface area is 108 Å². The highest BCUT2D eigenvalue weighted by Crippen LogP contribution is 2.19. The van der Waals surface area contributed by atoms with Crippen molar-refractivity contribution in [1.29, 1.82) is 0 Å². The number of nitrogen functional groups attached to an aromatic ring is 1. The predicted octanol–water partition coefficient (Wildman–Crippen LogP) is 1.20. The van der Waals surface area contributed by atoms with Crippen LogP contribution in [0.4, 0.5) is 11.5 Å². The molecule has 0 aliphatic heterocycles. The number of nitrogens with zero attached hydrogens (tertiary/aromatic N) is 3. The summed E-state index contributed by atoms with van der Waals surface area (Å²) in [5.74, 6) is 0.0391. The Morgan fingerprint density at radius 3 is 3.05 bits per heavy atom. The Kier molecular flexibility index (Phi) is 2.45. The molecular weight excluding hydrogens is 244 g/mol. The largest absolute Gasteiger partial charge is 0.394 e. The second kappa shape index (κ2) is 4.13. The predicted molar refractivity (Wildman–Crippen MR) is 70.9 cm³/mol. The summed E-state index contributed by atoms with van der Waals surface area (Å²) in [6, 6.07) is 5.51. The van der Waals surface area contributed by atoms with Crippen molar-refractivity contribution in [3.8, 4) is 0 Å². The minimum absolute atomic E-state index is 0.292. The van der Waals surface area contributed by atoms with E-state index in [1.54, 1.807) is 17.6 Å². The fourth-order valence-corrected chi connectivity index (χ4v) is 1.82. The zero-order valence-electron chi connectivity index (χ0n) is 10.2. The Bertz CT molecular complexity index is 757. The van der Waals surface area contributed by atoms with Gasteiger partial charge in [0.15, 0.2) is 5.82 Å². The van der Waals surface area contributed by atoms with Gasteiger partial charge in [-0.15, -0.1) is 0 Å². The molecule has 1 amide bonds. The Balaban J connectivity index is 1.94. The van der Waals surface area contributed by atoms with E-state index in [-0.39, 0.29) is 5.91 Å². The highest BCUT2D eigenvalue weighted by atomic mass is 16.1. The number of H-pyrrole nitrogens is 1. The first kappa shape index (κ1) is 11.3. The summed E-state index contributed by atoms with van der Waals surface area (Å²) >= 11 is 0. The van der Waals surface area contributed by atoms with Crippen LogP contribution in [0.2, 0.25) is 0 Å². The van der Waals surface area contributed by atoms with Gasteiger partial charge in [-0.25, -0.2) is 4.52 Å². The monoisotopic (exact) mass is 256 g/mol. The summed E-state index contributed by atoms with van der Waals surface area (Å²) < 4.78 is 1.63. The zero-order chi connectivity index (χ0) is 13.4. The van der Waals surface area contributed by atoms with Crippen LogP contribution >= 0.6 is 0 Å². The Morgan fingerprint density at radius 1 is 1.47 bits per heavy atom. The molecule has 0 aliphatic rings. The van der Waals surface area contributed by atoms with E-state index in [4.69, 9.17) is 5.73 Å². The van der Waals surface area contributed by atoms with E-state index in [2.05, 4.69) is 20.6 Å². The lowest BCUT2D eigenvalue weighted by Gasteiger charge is -2.01. The molecule has 3 heterocycles. The molecule has 4 N–H and O–H groups in total. The van der Waals surface area contributed by atoms with Crippen LogP contribution in [-0.4, -0.2) is 25.7 Å². The van der Waals surface area contributed by atoms with Crippen LogP contribution in [0.15, 0.2) is 30.6 Å². The maximum absolute atomic E-state index is 12.2. The van der Waals surface area contributed by atoms with Crippen molar-refractivity contribution in [3.05, 3.63) is 41.9 Å². The van der Waals surface area contributed by atoms with Crippen molar-refractivity contribution in [2.75, 3.05) is 11.1 Å². The van der Waals surface area contributed by atoms with E-state index in [1.165, 1.54) is 6.20 Å². The molecule has 0 saturated heterocycles. The van der Waals surface area contributed by atoms with Crippen LogP contribution in [0.3, 0.4) is 0 Å². The number of hydrogen-bond donors (Lipinski definition) is 3. The molecule has 0 aliphatic carbocycles. The highest BCUT2D eigenvalue weighted by Gasteiger charge is 2.15. The molecule has 7 heteroatoms. The molecule has 0 unspecified atom stereocenters. The lowest BCUT2D eigenvalue weighted by Crippen LogP contribution is -2.13. The van der Waals surface area contributed by atoms with Gasteiger partial charge >= 0.3 is 0 Å². The average molecular weight is 256 g/mol. The van der Waals surface area contributed by atoms with E-state index in [0.717, 1.165) is 11.2 Å². The van der Waals surface area contributed by atoms with Crippen LogP contribution in [0.25, 0.3) is 5.52 Å². The smallest absolute Gasteiger partial charge is 0.260 e. The molecule has 0 spiro atoms. The minimum atomic E-state index is -0.292. The summed E-state index contributed by atoms with van der Waals surface area (Å²) in [4.78, 5) is 12.2. The van der Waals surface area contributed by atoms with E-state index >= 15 is 0 Å². The van der Waals surface area contributed by atoms with Gasteiger partial charge in [-0.1, -0.05) is 6.07 Å². The summed E-state index contributed by atoms with van der Waals surface area (Å²) in [6.07, 6.45) is 3.29. The van der Waals surface area contributed by atoms with E-state index in [9.17, 15) is 4.79 Å². The molecule has 7 nitrogen and oxygen atoms in total. The molecule has 19 heavy (non-hydrogen) atoms. The number of rotatable bonds is 2. The number of aromatic amines is 1. The third kappa shape index (κ3) is 1.81. The van der Waals surface area contributed by atoms with Gasteiger partial charge < -0.3 is 11.1 Å². The number of anilines is 2. The maximum atomic E-state index is 12.2. The fourth-order valence-electron chi connectivity index (χ4n) is 1.82. The van der Waals surface area contributed by atoms with E-state index in [1.807, 2.05) is 18.2 Å². The first-order valence-corrected chi connectivity index (χ1v) is 5.71. The van der Waals surface area contributed by atoms with Crippen LogP contribution in [0.1, 0.15) is 16.1 Å². The molecule has 0 bridgehead atoms. The molecule has 0 aromatic carbocycles. The number of amides is 1. The molecule has 0 radical (unpaired) electrons. The first-order valence-electron chi connectivity index (χ1n) is 5.71. The highest BCUT2D eigenvalue weighted by molar-refractivity contribution is 6.09. The van der Waals surface area contributed by atoms with Gasteiger partial charge in [-0.3, -0.25) is 9.89 Å². The van der Waals surface area contributed by atoms with Gasteiger partial charge in [-0.2, -0.15) is 10.2 Å². The van der Waals surface area contributed by atoms with Gasteiger partial charge in [0.2, 0.25) is 0 Å². The van der Waals surface area contributed by atoms with E-state index < -0.39 is 0 Å². The standard InChI is InChI=1S/C12H12N6O/c1-7-10(13)11(17-16-7)15-12(19)8-6-14-18-5-3-2-4-9(8)18/h2-6H,13H2,1H3,(H2,15,16,17,19). The van der Waals surface area contributed by atoms with E-state index in [0.29, 0.717) is 17.1 Å². The number of aryl methyl sites for hydroxylation is 1. The second-order valence-electron chi connectivity index (χ2n) is 4.15. The van der Waals surface area contributed by atoms with Gasteiger partial charge in [0, 0.05) is 6.20 Å². The van der Waals surface area contributed by atoms with Gasteiger partial charge in [0.1, 0.15) is 0 Å². The minimum Gasteiger partial charge on any atom is -0.394 e. The van der Waals surface area contributed by atoms with Gasteiger partial charge in [-0.05, 0) is 19.1 Å². The topological polar surface area (TPSA) is 101 Å². The SMILES string of the molecule is Cc1[nH]nc(NC(=O)c2cnn3ccccc23)c1N. The summed E-state index contributed by atoms with van der Waals surface area (Å²) in [5, 5.41) is 13.4. The fraction of sp³-hybridized carbons (Fsp3) is 0.0833. The average Bonchev–Trinajstić information content (AvgIpc) is 2.97. The maximum Gasteiger partial charge on any atom is 0.260 e. The lowest BCUT2D eigenvalue weighted by molar-refractivity contribution is 0.102. The molecular formula is C12H12N6O. The molecule has 0 atom stereocenters. The van der Waals surface area contributed by atoms with Crippen LogP contribution < -0.4 is 11.1 Å². The molecule has 96 valence electrons. The number of fused-ring (bicyclic) bond motifs is 1. The molecule has 0 saturated carbocycles. The number of carbonyl (C=O) groups excluding carboxylic acids is 1. The number of hydrogen-bond acceptors (Lipinski definition) is 4. The van der Waals surface area contributed by atoms with Crippen molar-refractivity contribution in [2.24, 2.45) is 0 Å². The summed E-state index contributed by atoms with van der Waals surface area (Å²) in [5.41, 5.74) is 8.14. The quantitative estimate of drug-likeness (QED) is 0.641. The molecule has 3 aromatic heterocycles. The van der Waals surface area contributed by atoms with Crippen molar-refractivity contribution in [1.82, 2.24) is 19.8 Å². The first-order chi connectivity index (χ1) is 9.16. The molecule has 3 rings (SSSR count). The Hall–Kier alpha value is -2.83. The van der Waals surface area contributed by atoms with Crippen molar-refractivity contribution in [2.45, 2.75) is 6.92 Å². The number of pyridine rings is 1. The number of nitrogens with one attached hydrogen (secondary N) is 2. The summed E-state index contributed by atoms with van der Waals surface area (Å²) in [6.45, 7) is 1.79. The third-order valence-corrected chi connectivity index (χ3v) is 2.90. The molecule has 3 aromatic rings. The normalized spacial score (nSPS) is 10.8. The van der Waals surface area contributed by atoms with Crippen molar-refractivity contribution < 1.29 is 4.79 Å². The van der Waals surface area contributed by atoms with Crippen LogP contribution in [0, 0.1) is 6.92 Å².